The van der Waals surface area contributed by atoms with Crippen LogP contribution in [0.3, 0.4) is 0 Å². The van der Waals surface area contributed by atoms with Crippen molar-refractivity contribution in [3.8, 4) is 0 Å². The number of nitrogens with one attached hydrogen (secondary N) is 1. The van der Waals surface area contributed by atoms with Gasteiger partial charge in [0.1, 0.15) is 0 Å². The fourth-order valence-electron chi connectivity index (χ4n) is 2.13. The van der Waals surface area contributed by atoms with E-state index in [4.69, 9.17) is 8.94 Å². The zero-order valence-electron chi connectivity index (χ0n) is 11.6. The fourth-order valence-corrected chi connectivity index (χ4v) is 4.47. The molecule has 1 N–H and O–H groups in total. The molecule has 1 radical (unpaired) electrons. The van der Waals surface area contributed by atoms with Crippen LogP contribution in [0.1, 0.15) is 12.5 Å². The van der Waals surface area contributed by atoms with E-state index < -0.39 is 13.1 Å². The van der Waals surface area contributed by atoms with E-state index in [-0.39, 0.29) is 12.2 Å². The number of hydrogen-bond donors (Lipinski definition) is 1. The van der Waals surface area contributed by atoms with E-state index in [0.717, 1.165) is 5.39 Å². The molecule has 0 spiro atoms. The van der Waals surface area contributed by atoms with E-state index in [1.807, 2.05) is 12.1 Å². The van der Waals surface area contributed by atoms with Crippen molar-refractivity contribution in [2.75, 3.05) is 6.61 Å². The molecule has 2 aromatic rings. The van der Waals surface area contributed by atoms with Crippen LogP contribution in [0, 0.1) is 0 Å². The van der Waals surface area contributed by atoms with E-state index >= 15 is 0 Å². The molecule has 0 saturated heterocycles. The zero-order chi connectivity index (χ0) is 15.7. The molecule has 1 atom stereocenters. The van der Waals surface area contributed by atoms with Gasteiger partial charge in [-0.1, -0.05) is 0 Å². The van der Waals surface area contributed by atoms with Crippen molar-refractivity contribution in [1.82, 2.24) is 5.32 Å². The predicted octanol–water partition coefficient (Wildman–Crippen LogP) is 2.45. The SMILES string of the molecule is CCOP1(=O)C=C(c2cc3ccccc3oc2=O)NC([Se])=N1. The van der Waals surface area contributed by atoms with Crippen LogP contribution in [-0.2, 0) is 9.09 Å². The Bertz CT molecular complexity index is 903. The van der Waals surface area contributed by atoms with Crippen molar-refractivity contribution in [3.63, 3.8) is 0 Å². The van der Waals surface area contributed by atoms with Crippen LogP contribution < -0.4 is 10.9 Å². The van der Waals surface area contributed by atoms with Crippen LogP contribution in [0.4, 0.5) is 0 Å². The third kappa shape index (κ3) is 2.94. The molecule has 1 unspecified atom stereocenters. The van der Waals surface area contributed by atoms with Gasteiger partial charge in [-0.05, 0) is 0 Å². The van der Waals surface area contributed by atoms with Gasteiger partial charge in [-0.15, -0.1) is 0 Å². The van der Waals surface area contributed by atoms with Gasteiger partial charge in [-0.2, -0.15) is 0 Å². The maximum atomic E-state index is 12.5. The van der Waals surface area contributed by atoms with E-state index in [2.05, 4.69) is 26.1 Å². The van der Waals surface area contributed by atoms with Gasteiger partial charge in [0, 0.05) is 0 Å². The molecule has 0 aliphatic carbocycles. The minimum atomic E-state index is -3.32. The van der Waals surface area contributed by atoms with E-state index in [9.17, 15) is 9.36 Å². The van der Waals surface area contributed by atoms with Gasteiger partial charge in [0.2, 0.25) is 0 Å². The summed E-state index contributed by atoms with van der Waals surface area (Å²) < 4.78 is 27.3. The van der Waals surface area contributed by atoms with Crippen molar-refractivity contribution in [1.29, 1.82) is 0 Å². The molecule has 1 aliphatic heterocycles. The number of fused-ring (bicyclic) bond motifs is 1. The van der Waals surface area contributed by atoms with Crippen LogP contribution >= 0.6 is 7.52 Å². The molecular formula is C14H12N2O4PSe. The topological polar surface area (TPSA) is 80.9 Å². The van der Waals surface area contributed by atoms with Crippen LogP contribution in [0.25, 0.3) is 16.7 Å². The first-order valence-electron chi connectivity index (χ1n) is 6.55. The quantitative estimate of drug-likeness (QED) is 0.501. The molecule has 1 aliphatic rings. The molecule has 1 aromatic heterocycles. The number of amidine groups is 1. The number of para-hydroxylation sites is 1. The molecule has 113 valence electrons. The molecule has 8 heteroatoms. The van der Waals surface area contributed by atoms with Gasteiger partial charge < -0.3 is 0 Å². The second-order valence-electron chi connectivity index (χ2n) is 4.54. The van der Waals surface area contributed by atoms with Gasteiger partial charge in [0.15, 0.2) is 0 Å². The molecule has 22 heavy (non-hydrogen) atoms. The number of benzene rings is 1. The summed E-state index contributed by atoms with van der Waals surface area (Å²) in [5, 5.41) is 3.67. The molecule has 0 saturated carbocycles. The molecule has 0 amide bonds. The summed E-state index contributed by atoms with van der Waals surface area (Å²) in [5.41, 5.74) is 0.620. The second-order valence-corrected chi connectivity index (χ2v) is 7.20. The summed E-state index contributed by atoms with van der Waals surface area (Å²) in [6.07, 6.45) is 0. The zero-order valence-corrected chi connectivity index (χ0v) is 14.2. The summed E-state index contributed by atoms with van der Waals surface area (Å²) in [5.74, 6) is 1.35. The summed E-state index contributed by atoms with van der Waals surface area (Å²) in [4.78, 5) is 12.2. The average Bonchev–Trinajstić information content (AvgIpc) is 2.45. The van der Waals surface area contributed by atoms with Crippen molar-refractivity contribution >= 4 is 44.9 Å². The summed E-state index contributed by atoms with van der Waals surface area (Å²) in [6, 6.07) is 8.88. The van der Waals surface area contributed by atoms with E-state index in [0.29, 0.717) is 16.0 Å². The Balaban J connectivity index is 2.14. The Kier molecular flexibility index (Phi) is 4.06. The predicted molar refractivity (Wildman–Crippen MR) is 86.0 cm³/mol. The summed E-state index contributed by atoms with van der Waals surface area (Å²) >= 11 is 2.66. The fraction of sp³-hybridized carbons (Fsp3) is 0.143. The third-order valence-corrected chi connectivity index (χ3v) is 5.41. The normalized spacial score (nSPS) is 21.1. The molecular weight excluding hydrogens is 370 g/mol. The Morgan fingerprint density at radius 1 is 1.41 bits per heavy atom. The first-order chi connectivity index (χ1) is 10.5. The van der Waals surface area contributed by atoms with Gasteiger partial charge in [-0.25, -0.2) is 0 Å². The Morgan fingerprint density at radius 3 is 2.95 bits per heavy atom. The molecule has 6 nitrogen and oxygen atoms in total. The van der Waals surface area contributed by atoms with Crippen molar-refractivity contribution in [2.24, 2.45) is 4.76 Å². The molecule has 0 fully saturated rings. The minimum absolute atomic E-state index is 0.254. The monoisotopic (exact) mass is 383 g/mol. The van der Waals surface area contributed by atoms with Crippen LogP contribution in [0.15, 0.2) is 50.1 Å². The van der Waals surface area contributed by atoms with Gasteiger partial charge in [0.25, 0.3) is 0 Å². The number of hydrogen-bond acceptors (Lipinski definition) is 5. The molecule has 3 rings (SSSR count). The van der Waals surface area contributed by atoms with E-state index in [1.165, 1.54) is 5.82 Å². The molecule has 0 bridgehead atoms. The van der Waals surface area contributed by atoms with Crippen LogP contribution in [0.2, 0.25) is 0 Å². The van der Waals surface area contributed by atoms with E-state index in [1.54, 1.807) is 25.1 Å². The maximum absolute atomic E-state index is 12.5. The molecule has 2 heterocycles. The number of rotatable bonds is 3. The average molecular weight is 382 g/mol. The first kappa shape index (κ1) is 15.3. The first-order valence-corrected chi connectivity index (χ1v) is 9.06. The third-order valence-electron chi connectivity index (χ3n) is 3.01. The standard InChI is InChI=1S/C14H12N2O4PSe/c1-2-19-21(18)8-11(15-14(22)16-21)10-7-9-5-3-4-6-12(9)20-13(10)17/h3-8H,2H2,1H3,(H,15,16,18). The summed E-state index contributed by atoms with van der Waals surface area (Å²) in [7, 11) is -3.32. The van der Waals surface area contributed by atoms with Crippen LogP contribution in [-0.4, -0.2) is 27.4 Å². The van der Waals surface area contributed by atoms with Gasteiger partial charge in [-0.3, -0.25) is 0 Å². The Labute approximate surface area is 134 Å². The Hall–Kier alpha value is -1.65. The number of nitrogens with zero attached hydrogens (tertiary/aromatic N) is 1. The summed E-state index contributed by atoms with van der Waals surface area (Å²) in [6.45, 7) is 1.98. The second kappa shape index (κ2) is 5.86. The van der Waals surface area contributed by atoms with Crippen molar-refractivity contribution in [2.45, 2.75) is 6.92 Å². The van der Waals surface area contributed by atoms with Gasteiger partial charge >= 0.3 is 134 Å². The Morgan fingerprint density at radius 2 is 2.18 bits per heavy atom. The van der Waals surface area contributed by atoms with Gasteiger partial charge in [0.05, 0.1) is 0 Å². The van der Waals surface area contributed by atoms with Crippen molar-refractivity contribution in [3.05, 3.63) is 52.1 Å². The molecule has 1 aromatic carbocycles. The van der Waals surface area contributed by atoms with Crippen LogP contribution in [0.5, 0.6) is 0 Å². The van der Waals surface area contributed by atoms with Crippen molar-refractivity contribution < 1.29 is 13.5 Å².